The monoisotopic (exact) mass is 575 g/mol. The minimum Gasteiger partial charge on any atom is -0.507 e. The Labute approximate surface area is 224 Å². The minimum absolute atomic E-state index is 0.00878. The van der Waals surface area contributed by atoms with E-state index in [1.807, 2.05) is 11.8 Å². The topological polar surface area (TPSA) is 72.9 Å². The summed E-state index contributed by atoms with van der Waals surface area (Å²) in [6.45, 7) is 4.89. The predicted octanol–water partition coefficient (Wildman–Crippen LogP) is 4.66. The lowest BCUT2D eigenvalue weighted by atomic mass is 9.93. The standard InChI is InChI=1S/C28H32BrF2N3O3/c1-17-14-25(35)21(16-22(17)29)26(36)34-12-6-20(7-13-34)33-10-4-19(5-11-33)32-27(37)28(8-9-28)18-2-3-23(30)24(31)15-18/h2-3,14-16,19-20,35H,4-13H2,1H3,(H,32,37). The Morgan fingerprint density at radius 2 is 1.68 bits per heavy atom. The van der Waals surface area contributed by atoms with Gasteiger partial charge in [-0.3, -0.25) is 9.59 Å². The number of carbonyl (C=O) groups excluding carboxylic acids is 2. The lowest BCUT2D eigenvalue weighted by molar-refractivity contribution is -0.124. The van der Waals surface area contributed by atoms with E-state index in [9.17, 15) is 23.5 Å². The van der Waals surface area contributed by atoms with E-state index in [1.54, 1.807) is 12.1 Å². The molecule has 0 aromatic heterocycles. The van der Waals surface area contributed by atoms with E-state index in [2.05, 4.69) is 26.1 Å². The number of hydrogen-bond donors (Lipinski definition) is 2. The fraction of sp³-hybridized carbons (Fsp3) is 0.500. The van der Waals surface area contributed by atoms with Gasteiger partial charge in [0.05, 0.1) is 11.0 Å². The van der Waals surface area contributed by atoms with Gasteiger partial charge in [-0.25, -0.2) is 8.78 Å². The fourth-order valence-corrected chi connectivity index (χ4v) is 6.08. The molecule has 5 rings (SSSR count). The highest BCUT2D eigenvalue weighted by Gasteiger charge is 2.52. The van der Waals surface area contributed by atoms with Crippen LogP contribution in [0.25, 0.3) is 0 Å². The van der Waals surface area contributed by atoms with Crippen molar-refractivity contribution in [3.63, 3.8) is 0 Å². The molecule has 2 aromatic rings. The molecule has 0 bridgehead atoms. The van der Waals surface area contributed by atoms with Gasteiger partial charge < -0.3 is 20.2 Å². The number of halogens is 3. The minimum atomic E-state index is -0.916. The summed E-state index contributed by atoms with van der Waals surface area (Å²) in [5.74, 6) is -2.04. The van der Waals surface area contributed by atoms with Gasteiger partial charge in [0.15, 0.2) is 11.6 Å². The van der Waals surface area contributed by atoms with Crippen LogP contribution in [-0.4, -0.2) is 65.0 Å². The first-order valence-electron chi connectivity index (χ1n) is 13.0. The maximum Gasteiger partial charge on any atom is 0.257 e. The van der Waals surface area contributed by atoms with Crippen molar-refractivity contribution in [3.05, 3.63) is 63.1 Å². The van der Waals surface area contributed by atoms with Crippen molar-refractivity contribution in [1.82, 2.24) is 15.1 Å². The highest BCUT2D eigenvalue weighted by molar-refractivity contribution is 9.10. The first kappa shape index (κ1) is 26.1. The molecule has 2 amide bonds. The van der Waals surface area contributed by atoms with Crippen molar-refractivity contribution in [2.45, 2.75) is 62.9 Å². The summed E-state index contributed by atoms with van der Waals surface area (Å²) in [4.78, 5) is 30.3. The second kappa shape index (κ2) is 10.3. The Morgan fingerprint density at radius 3 is 2.30 bits per heavy atom. The smallest absolute Gasteiger partial charge is 0.257 e. The summed E-state index contributed by atoms with van der Waals surface area (Å²) in [7, 11) is 0. The highest BCUT2D eigenvalue weighted by Crippen LogP contribution is 2.49. The Balaban J connectivity index is 1.10. The molecule has 1 aliphatic carbocycles. The Hall–Kier alpha value is -2.52. The fourth-order valence-electron chi connectivity index (χ4n) is 5.74. The number of rotatable bonds is 5. The van der Waals surface area contributed by atoms with Crippen LogP contribution < -0.4 is 5.32 Å². The molecule has 3 aliphatic rings. The molecule has 2 saturated heterocycles. The average molecular weight is 576 g/mol. The second-order valence-electron chi connectivity index (χ2n) is 10.6. The van der Waals surface area contributed by atoms with Crippen LogP contribution in [0.1, 0.15) is 60.0 Å². The quantitative estimate of drug-likeness (QED) is 0.544. The third-order valence-electron chi connectivity index (χ3n) is 8.30. The largest absolute Gasteiger partial charge is 0.507 e. The Kier molecular flexibility index (Phi) is 7.29. The van der Waals surface area contributed by atoms with Crippen LogP contribution in [0.15, 0.2) is 34.8 Å². The molecule has 37 heavy (non-hydrogen) atoms. The molecule has 3 fully saturated rings. The summed E-state index contributed by atoms with van der Waals surface area (Å²) < 4.78 is 27.9. The normalized spacial score (nSPS) is 20.6. The van der Waals surface area contributed by atoms with Crippen molar-refractivity contribution < 1.29 is 23.5 Å². The SMILES string of the molecule is Cc1cc(O)c(C(=O)N2CCC(N3CCC(NC(=O)C4(c5ccc(F)c(F)c5)CC4)CC3)CC2)cc1Br. The number of benzene rings is 2. The molecule has 9 heteroatoms. The van der Waals surface area contributed by atoms with Crippen LogP contribution in [-0.2, 0) is 10.2 Å². The average Bonchev–Trinajstić information content (AvgIpc) is 3.70. The van der Waals surface area contributed by atoms with Gasteiger partial charge in [0, 0.05) is 42.7 Å². The lowest BCUT2D eigenvalue weighted by Gasteiger charge is -2.42. The van der Waals surface area contributed by atoms with Gasteiger partial charge in [-0.1, -0.05) is 22.0 Å². The van der Waals surface area contributed by atoms with Gasteiger partial charge in [-0.05, 0) is 80.8 Å². The molecule has 2 heterocycles. The summed E-state index contributed by atoms with van der Waals surface area (Å²) in [5, 5.41) is 13.4. The van der Waals surface area contributed by atoms with Crippen LogP contribution in [0.4, 0.5) is 8.78 Å². The summed E-state index contributed by atoms with van der Waals surface area (Å²) in [5.41, 5.74) is 1.02. The van der Waals surface area contributed by atoms with E-state index >= 15 is 0 Å². The number of nitrogens with one attached hydrogen (secondary N) is 1. The van der Waals surface area contributed by atoms with Crippen LogP contribution in [0, 0.1) is 18.6 Å². The molecule has 6 nitrogen and oxygen atoms in total. The van der Waals surface area contributed by atoms with E-state index in [0.29, 0.717) is 43.1 Å². The zero-order valence-electron chi connectivity index (χ0n) is 20.9. The van der Waals surface area contributed by atoms with E-state index in [4.69, 9.17) is 0 Å². The molecule has 198 valence electrons. The van der Waals surface area contributed by atoms with Gasteiger partial charge in [0.1, 0.15) is 5.75 Å². The van der Waals surface area contributed by atoms with Crippen molar-refractivity contribution in [2.24, 2.45) is 0 Å². The van der Waals surface area contributed by atoms with Crippen molar-refractivity contribution in [3.8, 4) is 5.75 Å². The number of carbonyl (C=O) groups is 2. The highest BCUT2D eigenvalue weighted by atomic mass is 79.9. The van der Waals surface area contributed by atoms with Crippen LogP contribution in [0.2, 0.25) is 0 Å². The summed E-state index contributed by atoms with van der Waals surface area (Å²) in [6, 6.07) is 7.52. The Morgan fingerprint density at radius 1 is 1.00 bits per heavy atom. The summed E-state index contributed by atoms with van der Waals surface area (Å²) in [6.07, 6.45) is 4.72. The second-order valence-corrected chi connectivity index (χ2v) is 11.5. The van der Waals surface area contributed by atoms with Crippen LogP contribution in [0.5, 0.6) is 5.75 Å². The number of aromatic hydroxyl groups is 1. The van der Waals surface area contributed by atoms with E-state index in [0.717, 1.165) is 60.9 Å². The number of likely N-dealkylation sites (tertiary alicyclic amines) is 2. The van der Waals surface area contributed by atoms with Crippen LogP contribution >= 0.6 is 15.9 Å². The predicted molar refractivity (Wildman–Crippen MR) is 139 cm³/mol. The summed E-state index contributed by atoms with van der Waals surface area (Å²) >= 11 is 3.44. The molecule has 0 spiro atoms. The van der Waals surface area contributed by atoms with Crippen molar-refractivity contribution in [1.29, 1.82) is 0 Å². The van der Waals surface area contributed by atoms with Gasteiger partial charge in [0.2, 0.25) is 5.91 Å². The molecule has 0 radical (unpaired) electrons. The van der Waals surface area contributed by atoms with Crippen molar-refractivity contribution in [2.75, 3.05) is 26.2 Å². The number of piperidine rings is 2. The molecular formula is C28H32BrF2N3O3. The zero-order chi connectivity index (χ0) is 26.3. The van der Waals surface area contributed by atoms with Gasteiger partial charge in [-0.2, -0.15) is 0 Å². The number of aryl methyl sites for hydroxylation is 1. The maximum absolute atomic E-state index is 13.7. The number of phenolic OH excluding ortho intramolecular Hbond substituents is 1. The first-order valence-corrected chi connectivity index (χ1v) is 13.8. The number of amides is 2. The Bertz CT molecular complexity index is 1200. The number of phenols is 1. The molecule has 0 atom stereocenters. The van der Waals surface area contributed by atoms with E-state index in [-0.39, 0.29) is 23.6 Å². The van der Waals surface area contributed by atoms with E-state index in [1.165, 1.54) is 6.07 Å². The first-order chi connectivity index (χ1) is 17.7. The zero-order valence-corrected chi connectivity index (χ0v) is 22.5. The molecule has 1 saturated carbocycles. The molecule has 0 unspecified atom stereocenters. The third kappa shape index (κ3) is 5.25. The van der Waals surface area contributed by atoms with Gasteiger partial charge >= 0.3 is 0 Å². The number of nitrogens with zero attached hydrogens (tertiary/aromatic N) is 2. The van der Waals surface area contributed by atoms with E-state index < -0.39 is 17.0 Å². The molecule has 2 N–H and O–H groups in total. The van der Waals surface area contributed by atoms with Gasteiger partial charge in [-0.15, -0.1) is 0 Å². The van der Waals surface area contributed by atoms with Gasteiger partial charge in [0.25, 0.3) is 5.91 Å². The van der Waals surface area contributed by atoms with Crippen LogP contribution in [0.3, 0.4) is 0 Å². The number of hydrogen-bond acceptors (Lipinski definition) is 4. The maximum atomic E-state index is 13.7. The van der Waals surface area contributed by atoms with Crippen molar-refractivity contribution >= 4 is 27.7 Å². The molecular weight excluding hydrogens is 544 g/mol. The molecule has 2 aliphatic heterocycles. The third-order valence-corrected chi connectivity index (χ3v) is 9.15. The lowest BCUT2D eigenvalue weighted by Crippen LogP contribution is -2.52. The molecule has 2 aromatic carbocycles.